The molecule has 152 valence electrons. The van der Waals surface area contributed by atoms with Crippen molar-refractivity contribution in [2.45, 2.75) is 62.6 Å². The van der Waals surface area contributed by atoms with Crippen molar-refractivity contribution in [2.24, 2.45) is 0 Å². The lowest BCUT2D eigenvalue weighted by Gasteiger charge is -2.07. The van der Waals surface area contributed by atoms with Gasteiger partial charge in [-0.05, 0) is 68.8 Å². The average Bonchev–Trinajstić information content (AvgIpc) is 3.42. The van der Waals surface area contributed by atoms with Crippen LogP contribution in [0.15, 0.2) is 29.2 Å². The van der Waals surface area contributed by atoms with Gasteiger partial charge in [-0.3, -0.25) is 14.6 Å². The van der Waals surface area contributed by atoms with E-state index in [1.54, 1.807) is 19.1 Å². The zero-order valence-corrected chi connectivity index (χ0v) is 17.4. The molecule has 0 saturated heterocycles. The zero-order chi connectivity index (χ0) is 19.9. The van der Waals surface area contributed by atoms with Crippen LogP contribution in [0.5, 0.6) is 0 Å². The molecule has 1 aliphatic heterocycles. The molecule has 1 aliphatic carbocycles. The molecule has 0 spiro atoms. The SMILES string of the molecule is CC(C)NC=O.COC1CCC(c2cc(Nc3ccc4c(c3)CNS4)n[nH]2)C1. The first-order valence-corrected chi connectivity index (χ1v) is 10.5. The van der Waals surface area contributed by atoms with E-state index in [1.165, 1.54) is 22.6 Å². The van der Waals surface area contributed by atoms with Gasteiger partial charge in [0, 0.05) is 48.0 Å². The molecule has 1 aromatic heterocycles. The van der Waals surface area contributed by atoms with Crippen molar-refractivity contribution in [3.8, 4) is 0 Å². The molecule has 28 heavy (non-hydrogen) atoms. The summed E-state index contributed by atoms with van der Waals surface area (Å²) < 4.78 is 8.73. The molecule has 0 radical (unpaired) electrons. The predicted octanol–water partition coefficient (Wildman–Crippen LogP) is 3.69. The van der Waals surface area contributed by atoms with Crippen LogP contribution in [0.2, 0.25) is 0 Å². The van der Waals surface area contributed by atoms with Gasteiger partial charge in [0.15, 0.2) is 5.82 Å². The van der Waals surface area contributed by atoms with Gasteiger partial charge in [0.25, 0.3) is 0 Å². The number of anilines is 2. The third kappa shape index (κ3) is 5.50. The molecule has 1 fully saturated rings. The standard InChI is InChI=1S/C16H20N4OS.C4H9NO/c1-21-13-4-2-10(7-13)14-8-16(20-19-14)18-12-3-5-15-11(6-12)9-17-22-15;1-4(2)5-3-6/h3,5-6,8,10,13,17H,2,4,7,9H2,1H3,(H2,18,19,20);3-4H,1-2H3,(H,5,6). The third-order valence-corrected chi connectivity index (χ3v) is 5.84. The van der Waals surface area contributed by atoms with Crippen molar-refractivity contribution in [1.29, 1.82) is 0 Å². The molecule has 0 bridgehead atoms. The van der Waals surface area contributed by atoms with Gasteiger partial charge in [0.05, 0.1) is 6.10 Å². The minimum atomic E-state index is 0.280. The normalized spacial score (nSPS) is 20.4. The maximum absolute atomic E-state index is 9.50. The van der Waals surface area contributed by atoms with Crippen molar-refractivity contribution in [3.05, 3.63) is 35.5 Å². The highest BCUT2D eigenvalue weighted by molar-refractivity contribution is 7.97. The topological polar surface area (TPSA) is 91.1 Å². The number of methoxy groups -OCH3 is 1. The molecule has 1 aromatic carbocycles. The summed E-state index contributed by atoms with van der Waals surface area (Å²) in [5.41, 5.74) is 3.63. The summed E-state index contributed by atoms with van der Waals surface area (Å²) in [5.74, 6) is 1.42. The molecule has 2 unspecified atom stereocenters. The molecule has 2 atom stereocenters. The minimum absolute atomic E-state index is 0.280. The quantitative estimate of drug-likeness (QED) is 0.434. The molecule has 1 amide bonds. The van der Waals surface area contributed by atoms with E-state index < -0.39 is 0 Å². The summed E-state index contributed by atoms with van der Waals surface area (Å²) >= 11 is 1.69. The number of amides is 1. The third-order valence-electron chi connectivity index (χ3n) is 4.93. The molecule has 4 rings (SSSR count). The molecular weight excluding hydrogens is 374 g/mol. The Balaban J connectivity index is 0.000000330. The van der Waals surface area contributed by atoms with E-state index in [-0.39, 0.29) is 6.04 Å². The number of rotatable bonds is 6. The van der Waals surface area contributed by atoms with Crippen molar-refractivity contribution >= 4 is 29.9 Å². The molecule has 7 nitrogen and oxygen atoms in total. The first kappa shape index (κ1) is 20.7. The van der Waals surface area contributed by atoms with E-state index in [0.717, 1.165) is 30.9 Å². The van der Waals surface area contributed by atoms with Gasteiger partial charge in [-0.15, -0.1) is 0 Å². The Morgan fingerprint density at radius 3 is 2.86 bits per heavy atom. The summed E-state index contributed by atoms with van der Waals surface area (Å²) in [6.45, 7) is 4.74. The lowest BCUT2D eigenvalue weighted by atomic mass is 10.0. The van der Waals surface area contributed by atoms with Gasteiger partial charge < -0.3 is 15.4 Å². The van der Waals surface area contributed by atoms with E-state index in [0.29, 0.717) is 18.4 Å². The Hall–Kier alpha value is -2.03. The van der Waals surface area contributed by atoms with Crippen molar-refractivity contribution in [1.82, 2.24) is 20.2 Å². The minimum Gasteiger partial charge on any atom is -0.381 e. The highest BCUT2D eigenvalue weighted by Gasteiger charge is 2.27. The number of nitrogens with one attached hydrogen (secondary N) is 4. The van der Waals surface area contributed by atoms with Crippen LogP contribution in [0.3, 0.4) is 0 Å². The lowest BCUT2D eigenvalue weighted by Crippen LogP contribution is -2.19. The van der Waals surface area contributed by atoms with E-state index in [2.05, 4.69) is 49.8 Å². The largest absolute Gasteiger partial charge is 0.381 e. The Kier molecular flexibility index (Phi) is 7.36. The van der Waals surface area contributed by atoms with E-state index in [4.69, 9.17) is 4.74 Å². The summed E-state index contributed by atoms with van der Waals surface area (Å²) in [6, 6.07) is 8.85. The van der Waals surface area contributed by atoms with E-state index in [1.807, 2.05) is 13.8 Å². The number of carbonyl (C=O) groups is 1. The van der Waals surface area contributed by atoms with Crippen LogP contribution in [0.1, 0.15) is 50.3 Å². The number of hydrogen-bond donors (Lipinski definition) is 4. The van der Waals surface area contributed by atoms with Crippen LogP contribution >= 0.6 is 11.9 Å². The zero-order valence-electron chi connectivity index (χ0n) is 16.6. The summed E-state index contributed by atoms with van der Waals surface area (Å²) in [4.78, 5) is 10.8. The van der Waals surface area contributed by atoms with E-state index in [9.17, 15) is 4.79 Å². The van der Waals surface area contributed by atoms with Crippen LogP contribution in [0.25, 0.3) is 0 Å². The Bertz CT molecular complexity index is 780. The summed E-state index contributed by atoms with van der Waals surface area (Å²) in [7, 11) is 1.80. The molecule has 2 aliphatic rings. The fraction of sp³-hybridized carbons (Fsp3) is 0.500. The monoisotopic (exact) mass is 403 g/mol. The van der Waals surface area contributed by atoms with Gasteiger partial charge in [-0.1, -0.05) is 0 Å². The van der Waals surface area contributed by atoms with Crippen molar-refractivity contribution in [2.75, 3.05) is 12.4 Å². The van der Waals surface area contributed by atoms with Crippen molar-refractivity contribution in [3.63, 3.8) is 0 Å². The van der Waals surface area contributed by atoms with Crippen LogP contribution in [0, 0.1) is 0 Å². The predicted molar refractivity (Wildman–Crippen MR) is 113 cm³/mol. The Labute approximate surface area is 170 Å². The highest BCUT2D eigenvalue weighted by atomic mass is 32.2. The number of ether oxygens (including phenoxy) is 1. The Morgan fingerprint density at radius 2 is 2.18 bits per heavy atom. The molecule has 4 N–H and O–H groups in total. The van der Waals surface area contributed by atoms with Gasteiger partial charge in [0.2, 0.25) is 6.41 Å². The molecule has 2 aromatic rings. The van der Waals surface area contributed by atoms with E-state index >= 15 is 0 Å². The number of fused-ring (bicyclic) bond motifs is 1. The van der Waals surface area contributed by atoms with Gasteiger partial charge in [-0.25, -0.2) is 0 Å². The lowest BCUT2D eigenvalue weighted by molar-refractivity contribution is -0.109. The second-order valence-corrected chi connectivity index (χ2v) is 8.32. The first-order chi connectivity index (χ1) is 13.6. The average molecular weight is 404 g/mol. The van der Waals surface area contributed by atoms with Gasteiger partial charge in [-0.2, -0.15) is 5.10 Å². The van der Waals surface area contributed by atoms with Crippen molar-refractivity contribution < 1.29 is 9.53 Å². The highest BCUT2D eigenvalue weighted by Crippen LogP contribution is 2.36. The summed E-state index contributed by atoms with van der Waals surface area (Å²) in [5, 5.41) is 13.5. The smallest absolute Gasteiger partial charge is 0.207 e. The Morgan fingerprint density at radius 1 is 1.32 bits per heavy atom. The second-order valence-electron chi connectivity index (χ2n) is 7.39. The van der Waals surface area contributed by atoms with Gasteiger partial charge >= 0.3 is 0 Å². The molecule has 8 heteroatoms. The number of hydrogen-bond acceptors (Lipinski definition) is 6. The number of nitrogens with zero attached hydrogens (tertiary/aromatic N) is 1. The number of H-pyrrole nitrogens is 1. The number of aromatic amines is 1. The van der Waals surface area contributed by atoms with Crippen LogP contribution < -0.4 is 15.4 Å². The fourth-order valence-corrected chi connectivity index (χ4v) is 4.20. The number of aromatic nitrogens is 2. The van der Waals surface area contributed by atoms with Crippen LogP contribution in [-0.2, 0) is 16.1 Å². The summed E-state index contributed by atoms with van der Waals surface area (Å²) in [6.07, 6.45) is 4.48. The molecule has 2 heterocycles. The maximum Gasteiger partial charge on any atom is 0.207 e. The van der Waals surface area contributed by atoms with Crippen LogP contribution in [0.4, 0.5) is 11.5 Å². The fourth-order valence-electron chi connectivity index (χ4n) is 3.42. The van der Waals surface area contributed by atoms with Crippen LogP contribution in [-0.4, -0.2) is 35.9 Å². The molecule has 1 saturated carbocycles. The van der Waals surface area contributed by atoms with Gasteiger partial charge in [0.1, 0.15) is 0 Å². The first-order valence-electron chi connectivity index (χ1n) is 9.66. The molecular formula is C20H29N5O2S. The number of benzene rings is 1. The second kappa shape index (κ2) is 9.95. The number of carbonyl (C=O) groups excluding carboxylic acids is 1. The maximum atomic E-state index is 9.50.